The molecule has 2 heterocycles. The summed E-state index contributed by atoms with van der Waals surface area (Å²) >= 11 is 0. The summed E-state index contributed by atoms with van der Waals surface area (Å²) in [4.78, 5) is 4.41. The molecule has 0 N–H and O–H groups in total. The van der Waals surface area contributed by atoms with Crippen molar-refractivity contribution in [1.82, 2.24) is 0 Å². The maximum atomic E-state index is 6.84. The molecule has 0 spiro atoms. The largest absolute Gasteiger partial charge is 0.433 e. The van der Waals surface area contributed by atoms with E-state index >= 15 is 0 Å². The minimum absolute atomic E-state index is 0.0708. The van der Waals surface area contributed by atoms with E-state index in [1.165, 1.54) is 54.2 Å². The lowest BCUT2D eigenvalue weighted by molar-refractivity contribution is 0.367. The Morgan fingerprint density at radius 3 is 1.19 bits per heavy atom. The first-order chi connectivity index (χ1) is 26.0. The number of rotatable bonds is 2. The van der Waals surface area contributed by atoms with Crippen molar-refractivity contribution >= 4 is 65.8 Å². The van der Waals surface area contributed by atoms with Crippen LogP contribution in [-0.4, -0.2) is 0 Å². The molecule has 2 aliphatic heterocycles. The van der Waals surface area contributed by atoms with Gasteiger partial charge in [-0.1, -0.05) is 139 Å². The van der Waals surface area contributed by atoms with Gasteiger partial charge < -0.3 is 9.47 Å². The predicted octanol–water partition coefficient (Wildman–Crippen LogP) is 13.8. The molecule has 0 fully saturated rings. The lowest BCUT2D eigenvalue weighted by Crippen LogP contribution is -2.24. The second kappa shape index (κ2) is 11.6. The number of anilines is 4. The molecule has 8 aromatic rings. The van der Waals surface area contributed by atoms with Gasteiger partial charge in [0.25, 0.3) is 11.8 Å². The van der Waals surface area contributed by atoms with Crippen molar-refractivity contribution in [1.29, 1.82) is 0 Å². The number of ether oxygens (including phenoxy) is 2. The Kier molecular flexibility index (Phi) is 6.97. The van der Waals surface area contributed by atoms with Crippen molar-refractivity contribution in [2.75, 3.05) is 9.80 Å². The van der Waals surface area contributed by atoms with Crippen molar-refractivity contribution in [2.45, 2.75) is 52.4 Å². The summed E-state index contributed by atoms with van der Waals surface area (Å²) in [5.41, 5.74) is 6.73. The van der Waals surface area contributed by atoms with Crippen LogP contribution in [0.15, 0.2) is 157 Å². The van der Waals surface area contributed by atoms with Gasteiger partial charge in [-0.25, -0.2) is 0 Å². The monoisotopic (exact) mass is 702 g/mol. The van der Waals surface area contributed by atoms with Crippen LogP contribution in [0.25, 0.3) is 43.1 Å². The molecule has 0 radical (unpaired) electrons. The van der Waals surface area contributed by atoms with Crippen molar-refractivity contribution in [3.8, 4) is 11.5 Å². The van der Waals surface area contributed by atoms with Crippen LogP contribution in [0.5, 0.6) is 11.5 Å². The van der Waals surface area contributed by atoms with E-state index in [1.807, 2.05) is 24.3 Å². The molecule has 0 unspecified atom stereocenters. The second-order valence-electron chi connectivity index (χ2n) is 16.7. The molecule has 0 aromatic heterocycles. The average Bonchev–Trinajstić information content (AvgIpc) is 3.75. The van der Waals surface area contributed by atoms with Crippen LogP contribution in [0.4, 0.5) is 22.7 Å². The van der Waals surface area contributed by atoms with Crippen molar-refractivity contribution in [3.63, 3.8) is 0 Å². The highest BCUT2D eigenvalue weighted by Gasteiger charge is 2.39. The summed E-state index contributed by atoms with van der Waals surface area (Å²) in [7, 11) is 0. The lowest BCUT2D eigenvalue weighted by atomic mass is 9.85. The highest BCUT2D eigenvalue weighted by molar-refractivity contribution is 6.10. The van der Waals surface area contributed by atoms with Gasteiger partial charge in [0.1, 0.15) is 0 Å². The third kappa shape index (κ3) is 5.12. The summed E-state index contributed by atoms with van der Waals surface area (Å²) in [5, 5.41) is 9.72. The maximum Gasteiger partial charge on any atom is 0.268 e. The van der Waals surface area contributed by atoms with Crippen LogP contribution in [0.3, 0.4) is 0 Å². The molecular formula is C50H42N2O2. The van der Waals surface area contributed by atoms with E-state index in [2.05, 4.69) is 173 Å². The molecule has 4 heteroatoms. The van der Waals surface area contributed by atoms with Crippen LogP contribution < -0.4 is 19.3 Å². The molecule has 0 saturated heterocycles. The topological polar surface area (TPSA) is 24.9 Å². The molecule has 0 saturated carbocycles. The fourth-order valence-corrected chi connectivity index (χ4v) is 8.07. The molecule has 54 heavy (non-hydrogen) atoms. The van der Waals surface area contributed by atoms with Gasteiger partial charge in [0, 0.05) is 0 Å². The number of fused-ring (bicyclic) bond motifs is 8. The maximum absolute atomic E-state index is 6.84. The second-order valence-corrected chi connectivity index (χ2v) is 16.7. The zero-order chi connectivity index (χ0) is 36.9. The highest BCUT2D eigenvalue weighted by Crippen LogP contribution is 2.51. The van der Waals surface area contributed by atoms with E-state index in [4.69, 9.17) is 9.47 Å². The van der Waals surface area contributed by atoms with E-state index in [1.54, 1.807) is 0 Å². The predicted molar refractivity (Wildman–Crippen MR) is 226 cm³/mol. The van der Waals surface area contributed by atoms with E-state index < -0.39 is 0 Å². The minimum atomic E-state index is 0.0708. The third-order valence-corrected chi connectivity index (χ3v) is 11.1. The average molecular weight is 703 g/mol. The number of benzene rings is 8. The van der Waals surface area contributed by atoms with Crippen LogP contribution >= 0.6 is 0 Å². The molecule has 4 nitrogen and oxygen atoms in total. The molecule has 2 aliphatic rings. The number of nitrogens with zero attached hydrogens (tertiary/aromatic N) is 2. The van der Waals surface area contributed by atoms with Gasteiger partial charge in [-0.15, -0.1) is 0 Å². The molecule has 0 bridgehead atoms. The van der Waals surface area contributed by atoms with Crippen LogP contribution in [-0.2, 0) is 10.8 Å². The van der Waals surface area contributed by atoms with Gasteiger partial charge in [0.05, 0.1) is 22.7 Å². The van der Waals surface area contributed by atoms with Crippen molar-refractivity contribution in [2.24, 2.45) is 0 Å². The zero-order valence-electron chi connectivity index (χ0n) is 31.6. The zero-order valence-corrected chi connectivity index (χ0v) is 31.6. The lowest BCUT2D eigenvalue weighted by Gasteiger charge is -2.25. The smallest absolute Gasteiger partial charge is 0.268 e. The van der Waals surface area contributed by atoms with Crippen molar-refractivity contribution < 1.29 is 9.47 Å². The summed E-state index contributed by atoms with van der Waals surface area (Å²) < 4.78 is 13.7. The summed E-state index contributed by atoms with van der Waals surface area (Å²) in [6.07, 6.45) is 0. The first-order valence-electron chi connectivity index (χ1n) is 18.8. The van der Waals surface area contributed by atoms with Crippen molar-refractivity contribution in [3.05, 3.63) is 168 Å². The molecule has 0 atom stereocenters. The van der Waals surface area contributed by atoms with Gasteiger partial charge in [-0.3, -0.25) is 9.80 Å². The quantitative estimate of drug-likeness (QED) is 0.167. The number of para-hydroxylation sites is 4. The fourth-order valence-electron chi connectivity index (χ4n) is 8.07. The van der Waals surface area contributed by atoms with Crippen LogP contribution in [0.1, 0.15) is 52.7 Å². The van der Waals surface area contributed by atoms with Gasteiger partial charge in [0.15, 0.2) is 11.5 Å². The van der Waals surface area contributed by atoms with E-state index in [9.17, 15) is 0 Å². The summed E-state index contributed by atoms with van der Waals surface area (Å²) in [6, 6.07) is 52.6. The van der Waals surface area contributed by atoms with E-state index in [0.29, 0.717) is 11.8 Å². The van der Waals surface area contributed by atoms with Gasteiger partial charge in [0.2, 0.25) is 0 Å². The Labute approximate surface area is 316 Å². The molecule has 0 aliphatic carbocycles. The molecule has 0 amide bonds. The van der Waals surface area contributed by atoms with Gasteiger partial charge >= 0.3 is 0 Å². The molecular weight excluding hydrogens is 661 g/mol. The Morgan fingerprint density at radius 1 is 0.370 bits per heavy atom. The standard InChI is InChI=1S/C50H42N2O2/c1-49(2,3)35-21-25-39-33(27-35)17-15-31-19-23-37(29-41(31)39)51-43-11-7-9-13-45(43)53-47(51)48-52(44-12-8-10-14-46(44)54-48)38-24-20-32-16-18-34-28-36(50(4,5)6)22-26-40(34)42(32)30-38/h7-30H,1-6H3/b48-47+. The van der Waals surface area contributed by atoms with E-state index in [0.717, 1.165) is 34.2 Å². The molecule has 264 valence electrons. The summed E-state index contributed by atoms with van der Waals surface area (Å²) in [6.45, 7) is 13.6. The SMILES string of the molecule is CC(C)(C)c1ccc2c(ccc3ccc(N4/C(=C5\Oc6ccccc6N5c5ccc6ccc7cc(C(C)(C)C)ccc7c6c5)Oc5ccccc54)cc32)c1. The Balaban J connectivity index is 1.17. The Morgan fingerprint density at radius 2 is 0.759 bits per heavy atom. The Bertz CT molecular complexity index is 2680. The van der Waals surface area contributed by atoms with Gasteiger partial charge in [-0.2, -0.15) is 0 Å². The number of hydrogen-bond acceptors (Lipinski definition) is 4. The fraction of sp³-hybridized carbons (Fsp3) is 0.160. The first kappa shape index (κ1) is 32.4. The third-order valence-electron chi connectivity index (χ3n) is 11.1. The summed E-state index contributed by atoms with van der Waals surface area (Å²) in [5.74, 6) is 2.81. The normalized spacial score (nSPS) is 15.6. The minimum Gasteiger partial charge on any atom is -0.433 e. The van der Waals surface area contributed by atoms with Gasteiger partial charge in [-0.05, 0) is 114 Å². The van der Waals surface area contributed by atoms with Crippen LogP contribution in [0.2, 0.25) is 0 Å². The van der Waals surface area contributed by atoms with E-state index in [-0.39, 0.29) is 10.8 Å². The Hall–Kier alpha value is -6.26. The molecule has 10 rings (SSSR count). The van der Waals surface area contributed by atoms with Crippen LogP contribution in [0, 0.1) is 0 Å². The molecule has 8 aromatic carbocycles. The number of hydrogen-bond donors (Lipinski definition) is 0. The highest BCUT2D eigenvalue weighted by atomic mass is 16.6. The first-order valence-corrected chi connectivity index (χ1v) is 18.8.